The predicted molar refractivity (Wildman–Crippen MR) is 71.9 cm³/mol. The summed E-state index contributed by atoms with van der Waals surface area (Å²) in [7, 11) is 0. The fraction of sp³-hybridized carbons (Fsp3) is 0.462. The van der Waals surface area contributed by atoms with Gasteiger partial charge in [0.2, 0.25) is 0 Å². The van der Waals surface area contributed by atoms with E-state index < -0.39 is 0 Å². The molecule has 2 aromatic rings. The van der Waals surface area contributed by atoms with Gasteiger partial charge in [0.1, 0.15) is 5.82 Å². The number of fused-ring (bicyclic) bond motifs is 1. The number of anilines is 1. The molecule has 0 saturated carbocycles. The number of nitrogens with one attached hydrogen (secondary N) is 1. The molecule has 3 heterocycles. The number of aromatic nitrogens is 2. The van der Waals surface area contributed by atoms with Gasteiger partial charge in [0.25, 0.3) is 0 Å². The van der Waals surface area contributed by atoms with Crippen molar-refractivity contribution in [3.63, 3.8) is 0 Å². The maximum atomic E-state index is 4.77. The molecular weight excluding hydrogens is 230 g/mol. The topological polar surface area (TPSA) is 29.9 Å². The van der Waals surface area contributed by atoms with Gasteiger partial charge in [0.15, 0.2) is 0 Å². The summed E-state index contributed by atoms with van der Waals surface area (Å²) in [6, 6.07) is 4.76. The smallest absolute Gasteiger partial charge is 0.128 e. The zero-order valence-corrected chi connectivity index (χ0v) is 11.0. The third kappa shape index (κ3) is 1.67. The zero-order chi connectivity index (χ0) is 11.8. The van der Waals surface area contributed by atoms with Crippen molar-refractivity contribution in [3.8, 4) is 0 Å². The molecule has 0 aliphatic carbocycles. The highest BCUT2D eigenvalue weighted by Gasteiger charge is 2.25. The SMILES string of the molecule is CCc1nn2c(c1C)NCCC2c1cccs1. The Morgan fingerprint density at radius 2 is 2.47 bits per heavy atom. The highest BCUT2D eigenvalue weighted by Crippen LogP contribution is 2.34. The Hall–Kier alpha value is -1.29. The molecule has 0 amide bonds. The highest BCUT2D eigenvalue weighted by atomic mass is 32.1. The van der Waals surface area contributed by atoms with Crippen molar-refractivity contribution in [2.75, 3.05) is 11.9 Å². The van der Waals surface area contributed by atoms with E-state index in [4.69, 9.17) is 5.10 Å². The van der Waals surface area contributed by atoms with E-state index in [0.717, 1.165) is 19.4 Å². The summed E-state index contributed by atoms with van der Waals surface area (Å²) >= 11 is 1.83. The normalized spacial score (nSPS) is 18.8. The molecule has 2 aromatic heterocycles. The van der Waals surface area contributed by atoms with Crippen LogP contribution in [0.5, 0.6) is 0 Å². The van der Waals surface area contributed by atoms with Crippen LogP contribution in [-0.4, -0.2) is 16.3 Å². The van der Waals surface area contributed by atoms with E-state index in [2.05, 4.69) is 41.4 Å². The van der Waals surface area contributed by atoms with Crippen molar-refractivity contribution in [2.45, 2.75) is 32.7 Å². The Morgan fingerprint density at radius 1 is 1.59 bits per heavy atom. The summed E-state index contributed by atoms with van der Waals surface area (Å²) in [5.74, 6) is 1.21. The summed E-state index contributed by atoms with van der Waals surface area (Å²) in [6.07, 6.45) is 2.13. The Morgan fingerprint density at radius 3 is 3.18 bits per heavy atom. The number of thiophene rings is 1. The fourth-order valence-corrected chi connectivity index (χ4v) is 3.38. The van der Waals surface area contributed by atoms with Gasteiger partial charge in [-0.15, -0.1) is 11.3 Å². The van der Waals surface area contributed by atoms with Crippen molar-refractivity contribution in [1.82, 2.24) is 9.78 Å². The molecule has 0 fully saturated rings. The first-order valence-corrected chi connectivity index (χ1v) is 7.04. The molecule has 3 nitrogen and oxygen atoms in total. The van der Waals surface area contributed by atoms with E-state index in [1.54, 1.807) is 0 Å². The van der Waals surface area contributed by atoms with Crippen LogP contribution in [0.15, 0.2) is 17.5 Å². The molecule has 3 rings (SSSR count). The van der Waals surface area contributed by atoms with E-state index in [9.17, 15) is 0 Å². The second-order valence-electron chi connectivity index (χ2n) is 4.47. The van der Waals surface area contributed by atoms with E-state index in [1.807, 2.05) is 11.3 Å². The number of hydrogen-bond acceptors (Lipinski definition) is 3. The van der Waals surface area contributed by atoms with Gasteiger partial charge < -0.3 is 5.32 Å². The Bertz CT molecular complexity index is 513. The first kappa shape index (κ1) is 10.8. The molecule has 17 heavy (non-hydrogen) atoms. The molecule has 0 aromatic carbocycles. The second kappa shape index (κ2) is 4.18. The van der Waals surface area contributed by atoms with Crippen molar-refractivity contribution in [1.29, 1.82) is 0 Å². The number of nitrogens with zero attached hydrogens (tertiary/aromatic N) is 2. The van der Waals surface area contributed by atoms with Gasteiger partial charge in [0, 0.05) is 17.0 Å². The molecule has 0 saturated heterocycles. The molecule has 1 atom stereocenters. The zero-order valence-electron chi connectivity index (χ0n) is 10.2. The summed E-state index contributed by atoms with van der Waals surface area (Å²) in [6.45, 7) is 5.38. The number of aryl methyl sites for hydroxylation is 1. The highest BCUT2D eigenvalue weighted by molar-refractivity contribution is 7.10. The molecule has 1 aliphatic rings. The summed E-state index contributed by atoms with van der Waals surface area (Å²) in [5, 5.41) is 10.4. The summed E-state index contributed by atoms with van der Waals surface area (Å²) in [5.41, 5.74) is 2.53. The lowest BCUT2D eigenvalue weighted by Gasteiger charge is -2.25. The van der Waals surface area contributed by atoms with Crippen LogP contribution in [0.4, 0.5) is 5.82 Å². The van der Waals surface area contributed by atoms with E-state index in [-0.39, 0.29) is 0 Å². The molecule has 0 radical (unpaired) electrons. The molecule has 1 unspecified atom stereocenters. The quantitative estimate of drug-likeness (QED) is 0.883. The van der Waals surface area contributed by atoms with Crippen molar-refractivity contribution >= 4 is 17.2 Å². The van der Waals surface area contributed by atoms with Gasteiger partial charge >= 0.3 is 0 Å². The van der Waals surface area contributed by atoms with Crippen LogP contribution >= 0.6 is 11.3 Å². The number of hydrogen-bond donors (Lipinski definition) is 1. The Balaban J connectivity index is 2.08. The van der Waals surface area contributed by atoms with Gasteiger partial charge in [0.05, 0.1) is 11.7 Å². The van der Waals surface area contributed by atoms with Crippen LogP contribution < -0.4 is 5.32 Å². The van der Waals surface area contributed by atoms with Crippen molar-refractivity contribution < 1.29 is 0 Å². The third-order valence-electron chi connectivity index (χ3n) is 3.46. The van der Waals surface area contributed by atoms with Gasteiger partial charge in [-0.1, -0.05) is 13.0 Å². The molecule has 0 bridgehead atoms. The molecule has 4 heteroatoms. The van der Waals surface area contributed by atoms with E-state index in [1.165, 1.54) is 22.0 Å². The van der Waals surface area contributed by atoms with Crippen LogP contribution in [0.3, 0.4) is 0 Å². The minimum atomic E-state index is 0.422. The maximum absolute atomic E-state index is 4.77. The van der Waals surface area contributed by atoms with Crippen LogP contribution in [-0.2, 0) is 6.42 Å². The lowest BCUT2D eigenvalue weighted by atomic mass is 10.1. The first-order valence-electron chi connectivity index (χ1n) is 6.16. The lowest BCUT2D eigenvalue weighted by molar-refractivity contribution is 0.485. The van der Waals surface area contributed by atoms with E-state index in [0.29, 0.717) is 6.04 Å². The number of rotatable bonds is 2. The standard InChI is InChI=1S/C13H17N3S/c1-3-10-9(2)13-14-7-6-11(16(13)15-10)12-5-4-8-17-12/h4-5,8,11,14H,3,6-7H2,1-2H3. The maximum Gasteiger partial charge on any atom is 0.128 e. The molecular formula is C13H17N3S. The third-order valence-corrected chi connectivity index (χ3v) is 4.43. The monoisotopic (exact) mass is 247 g/mol. The van der Waals surface area contributed by atoms with Crippen molar-refractivity contribution in [3.05, 3.63) is 33.6 Å². The average molecular weight is 247 g/mol. The average Bonchev–Trinajstić information content (AvgIpc) is 2.97. The Kier molecular flexibility index (Phi) is 2.67. The van der Waals surface area contributed by atoms with E-state index >= 15 is 0 Å². The molecule has 1 N–H and O–H groups in total. The van der Waals surface area contributed by atoms with Crippen molar-refractivity contribution in [2.24, 2.45) is 0 Å². The summed E-state index contributed by atoms with van der Waals surface area (Å²) in [4.78, 5) is 1.41. The van der Waals surface area contributed by atoms with Gasteiger partial charge in [-0.25, -0.2) is 4.68 Å². The second-order valence-corrected chi connectivity index (χ2v) is 5.44. The van der Waals surface area contributed by atoms with Crippen LogP contribution in [0.1, 0.15) is 35.5 Å². The molecule has 0 spiro atoms. The summed E-state index contributed by atoms with van der Waals surface area (Å²) < 4.78 is 2.18. The fourth-order valence-electron chi connectivity index (χ4n) is 2.53. The van der Waals surface area contributed by atoms with Gasteiger partial charge in [-0.05, 0) is 31.2 Å². The molecule has 90 valence electrons. The largest absolute Gasteiger partial charge is 0.370 e. The molecule has 1 aliphatic heterocycles. The lowest BCUT2D eigenvalue weighted by Crippen LogP contribution is -2.24. The Labute approximate surface area is 105 Å². The minimum Gasteiger partial charge on any atom is -0.370 e. The van der Waals surface area contributed by atoms with Crippen LogP contribution in [0.25, 0.3) is 0 Å². The van der Waals surface area contributed by atoms with Crippen LogP contribution in [0.2, 0.25) is 0 Å². The van der Waals surface area contributed by atoms with Gasteiger partial charge in [-0.2, -0.15) is 5.10 Å². The van der Waals surface area contributed by atoms with Crippen LogP contribution in [0, 0.1) is 6.92 Å². The minimum absolute atomic E-state index is 0.422. The first-order chi connectivity index (χ1) is 8.31. The van der Waals surface area contributed by atoms with Gasteiger partial charge in [-0.3, -0.25) is 0 Å². The predicted octanol–water partition coefficient (Wildman–Crippen LogP) is 3.22.